The van der Waals surface area contributed by atoms with Crippen LogP contribution in [0.5, 0.6) is 11.5 Å². The maximum atomic E-state index is 12.6. The van der Waals surface area contributed by atoms with Crippen LogP contribution in [0.3, 0.4) is 0 Å². The molecule has 182 valence electrons. The van der Waals surface area contributed by atoms with Crippen LogP contribution in [-0.2, 0) is 16.2 Å². The van der Waals surface area contributed by atoms with Crippen molar-refractivity contribution in [2.24, 2.45) is 5.92 Å². The number of hydrogen-bond donors (Lipinski definition) is 2. The van der Waals surface area contributed by atoms with Gasteiger partial charge in [-0.3, -0.25) is 20.4 Å². The van der Waals surface area contributed by atoms with Crippen molar-refractivity contribution in [2.45, 2.75) is 20.0 Å². The third-order valence-electron chi connectivity index (χ3n) is 5.58. The summed E-state index contributed by atoms with van der Waals surface area (Å²) in [7, 11) is 0. The number of carbonyl (C=O) groups excluding carboxylic acids is 2. The van der Waals surface area contributed by atoms with Crippen molar-refractivity contribution in [3.63, 3.8) is 0 Å². The fourth-order valence-corrected chi connectivity index (χ4v) is 4.22. The maximum Gasteiger partial charge on any atom is 0.243 e. The molecule has 4 rings (SSSR count). The van der Waals surface area contributed by atoms with Crippen LogP contribution in [0.15, 0.2) is 66.7 Å². The number of anilines is 2. The highest BCUT2D eigenvalue weighted by Gasteiger charge is 2.35. The van der Waals surface area contributed by atoms with Gasteiger partial charge in [-0.05, 0) is 67.6 Å². The predicted octanol–water partition coefficient (Wildman–Crippen LogP) is 5.47. The van der Waals surface area contributed by atoms with E-state index in [9.17, 15) is 9.59 Å². The minimum atomic E-state index is -0.454. The summed E-state index contributed by atoms with van der Waals surface area (Å²) in [6.45, 7) is 3.04. The van der Waals surface area contributed by atoms with Crippen LogP contribution in [0, 0.1) is 5.92 Å². The molecule has 9 heteroatoms. The van der Waals surface area contributed by atoms with E-state index in [1.807, 2.05) is 31.2 Å². The fourth-order valence-electron chi connectivity index (χ4n) is 3.72. The van der Waals surface area contributed by atoms with Gasteiger partial charge in [-0.25, -0.2) is 0 Å². The summed E-state index contributed by atoms with van der Waals surface area (Å²) in [5.41, 5.74) is 7.71. The Morgan fingerprint density at radius 2 is 1.60 bits per heavy atom. The van der Waals surface area contributed by atoms with E-state index in [0.29, 0.717) is 34.6 Å². The van der Waals surface area contributed by atoms with Crippen LogP contribution in [0.1, 0.15) is 18.9 Å². The molecule has 1 aliphatic heterocycles. The van der Waals surface area contributed by atoms with E-state index < -0.39 is 5.92 Å². The van der Waals surface area contributed by atoms with Gasteiger partial charge in [0.15, 0.2) is 0 Å². The summed E-state index contributed by atoms with van der Waals surface area (Å²) in [4.78, 5) is 26.8. The molecule has 0 unspecified atom stereocenters. The van der Waals surface area contributed by atoms with E-state index in [4.69, 9.17) is 32.7 Å². The second kappa shape index (κ2) is 11.3. The van der Waals surface area contributed by atoms with E-state index in [0.717, 1.165) is 17.0 Å². The molecule has 1 fully saturated rings. The Kier molecular flexibility index (Phi) is 8.00. The number of rotatable bonds is 9. The van der Waals surface area contributed by atoms with Crippen LogP contribution < -0.4 is 25.2 Å². The molecule has 0 saturated carbocycles. The van der Waals surface area contributed by atoms with E-state index in [2.05, 4.69) is 10.9 Å². The number of nitrogens with zero attached hydrogens (tertiary/aromatic N) is 1. The highest BCUT2D eigenvalue weighted by Crippen LogP contribution is 2.28. The molecular weight excluding hydrogens is 489 g/mol. The monoisotopic (exact) mass is 513 g/mol. The molecule has 0 aliphatic carbocycles. The topological polar surface area (TPSA) is 79.9 Å². The molecule has 0 bridgehead atoms. The molecule has 7 nitrogen and oxygen atoms in total. The molecule has 1 aliphatic rings. The number of carbonyl (C=O) groups is 2. The Morgan fingerprint density at radius 3 is 2.26 bits per heavy atom. The Labute approximate surface area is 213 Å². The molecule has 35 heavy (non-hydrogen) atoms. The second-order valence-electron chi connectivity index (χ2n) is 7.96. The summed E-state index contributed by atoms with van der Waals surface area (Å²) in [6, 6.07) is 19.7. The van der Waals surface area contributed by atoms with Crippen LogP contribution in [0.2, 0.25) is 10.0 Å². The van der Waals surface area contributed by atoms with Crippen molar-refractivity contribution in [2.75, 3.05) is 23.5 Å². The zero-order valence-corrected chi connectivity index (χ0v) is 20.6. The van der Waals surface area contributed by atoms with Gasteiger partial charge in [0.1, 0.15) is 18.1 Å². The SMILES string of the molecule is CCOc1ccc(N2C[C@@H](C(=O)NNc3ccc(OCc4c(Cl)cccc4Cl)cc3)CC2=O)cc1. The molecule has 0 radical (unpaired) electrons. The molecular formula is C26H25Cl2N3O4. The van der Waals surface area contributed by atoms with Crippen LogP contribution >= 0.6 is 23.2 Å². The summed E-state index contributed by atoms with van der Waals surface area (Å²) in [5.74, 6) is 0.579. The second-order valence-corrected chi connectivity index (χ2v) is 8.77. The lowest BCUT2D eigenvalue weighted by Gasteiger charge is -2.17. The van der Waals surface area contributed by atoms with Crippen molar-refractivity contribution in [1.82, 2.24) is 5.43 Å². The Morgan fingerprint density at radius 1 is 0.971 bits per heavy atom. The van der Waals surface area contributed by atoms with Crippen LogP contribution in [0.4, 0.5) is 11.4 Å². The number of amides is 2. The number of benzene rings is 3. The normalized spacial score (nSPS) is 15.1. The predicted molar refractivity (Wildman–Crippen MR) is 137 cm³/mol. The zero-order chi connectivity index (χ0) is 24.8. The van der Waals surface area contributed by atoms with E-state index >= 15 is 0 Å². The molecule has 3 aromatic rings. The lowest BCUT2D eigenvalue weighted by atomic mass is 10.1. The van der Waals surface area contributed by atoms with Crippen molar-refractivity contribution in [1.29, 1.82) is 0 Å². The van der Waals surface area contributed by atoms with Gasteiger partial charge in [0, 0.05) is 34.3 Å². The zero-order valence-electron chi connectivity index (χ0n) is 19.1. The van der Waals surface area contributed by atoms with Gasteiger partial charge in [-0.1, -0.05) is 29.3 Å². The standard InChI is InChI=1S/C26H25Cl2N3O4/c1-2-34-20-12-8-19(9-13-20)31-15-17(14-25(31)32)26(33)30-29-18-6-10-21(11-7-18)35-16-22-23(27)4-3-5-24(22)28/h3-13,17,29H,2,14-16H2,1H3,(H,30,33)/t17-/m0/s1. The smallest absolute Gasteiger partial charge is 0.243 e. The van der Waals surface area contributed by atoms with Gasteiger partial charge < -0.3 is 14.4 Å². The highest BCUT2D eigenvalue weighted by atomic mass is 35.5. The summed E-state index contributed by atoms with van der Waals surface area (Å²) < 4.78 is 11.2. The van der Waals surface area contributed by atoms with Crippen LogP contribution in [-0.4, -0.2) is 25.0 Å². The van der Waals surface area contributed by atoms with Gasteiger partial charge in [0.05, 0.1) is 18.2 Å². The molecule has 1 saturated heterocycles. The average molecular weight is 514 g/mol. The fraction of sp³-hybridized carbons (Fsp3) is 0.231. The molecule has 1 heterocycles. The number of hydrogen-bond acceptors (Lipinski definition) is 5. The summed E-state index contributed by atoms with van der Waals surface area (Å²) in [6.07, 6.45) is 0.151. The largest absolute Gasteiger partial charge is 0.494 e. The van der Waals surface area contributed by atoms with Gasteiger partial charge in [-0.15, -0.1) is 0 Å². The molecule has 2 N–H and O–H groups in total. The highest BCUT2D eigenvalue weighted by molar-refractivity contribution is 6.35. The van der Waals surface area contributed by atoms with E-state index in [1.165, 1.54) is 0 Å². The van der Waals surface area contributed by atoms with Gasteiger partial charge in [0.2, 0.25) is 11.8 Å². The third-order valence-corrected chi connectivity index (χ3v) is 6.29. The van der Waals surface area contributed by atoms with Gasteiger partial charge >= 0.3 is 0 Å². The first-order chi connectivity index (χ1) is 16.9. The number of nitrogens with one attached hydrogen (secondary N) is 2. The first-order valence-electron chi connectivity index (χ1n) is 11.2. The van der Waals surface area contributed by atoms with E-state index in [-0.39, 0.29) is 24.8 Å². The minimum Gasteiger partial charge on any atom is -0.494 e. The summed E-state index contributed by atoms with van der Waals surface area (Å²) >= 11 is 12.3. The summed E-state index contributed by atoms with van der Waals surface area (Å²) in [5, 5.41) is 1.09. The first-order valence-corrected chi connectivity index (χ1v) is 11.9. The van der Waals surface area contributed by atoms with Crippen molar-refractivity contribution >= 4 is 46.4 Å². The Bertz CT molecular complexity index is 1170. The number of hydrazine groups is 1. The lowest BCUT2D eigenvalue weighted by molar-refractivity contribution is -0.125. The van der Waals surface area contributed by atoms with Gasteiger partial charge in [0.25, 0.3) is 0 Å². The number of halogens is 2. The first kappa shape index (κ1) is 24.7. The van der Waals surface area contributed by atoms with Gasteiger partial charge in [-0.2, -0.15) is 0 Å². The molecule has 1 atom stereocenters. The molecule has 2 amide bonds. The molecule has 0 aromatic heterocycles. The maximum absolute atomic E-state index is 12.6. The Hall–Kier alpha value is -3.42. The van der Waals surface area contributed by atoms with Crippen molar-refractivity contribution in [3.05, 3.63) is 82.3 Å². The van der Waals surface area contributed by atoms with E-state index in [1.54, 1.807) is 47.4 Å². The van der Waals surface area contributed by atoms with Crippen molar-refractivity contribution < 1.29 is 19.1 Å². The minimum absolute atomic E-state index is 0.0885. The van der Waals surface area contributed by atoms with Crippen molar-refractivity contribution in [3.8, 4) is 11.5 Å². The molecule has 0 spiro atoms. The Balaban J connectivity index is 1.27. The third kappa shape index (κ3) is 6.18. The molecule has 3 aromatic carbocycles. The number of ether oxygens (including phenoxy) is 2. The quantitative estimate of drug-likeness (QED) is 0.371. The van der Waals surface area contributed by atoms with Crippen LogP contribution in [0.25, 0.3) is 0 Å². The lowest BCUT2D eigenvalue weighted by Crippen LogP contribution is -2.36. The average Bonchev–Trinajstić information content (AvgIpc) is 3.25.